The zero-order chi connectivity index (χ0) is 10.7. The molecule has 0 bridgehead atoms. The van der Waals surface area contributed by atoms with Crippen LogP contribution in [0.25, 0.3) is 0 Å². The lowest BCUT2D eigenvalue weighted by Crippen LogP contribution is -2.01. The number of aliphatic hydroxyl groups excluding tert-OH is 1. The molecule has 0 amide bonds. The fourth-order valence-electron chi connectivity index (χ4n) is 1.22. The van der Waals surface area contributed by atoms with Crippen molar-refractivity contribution in [1.82, 2.24) is 20.0 Å². The van der Waals surface area contributed by atoms with Crippen molar-refractivity contribution in [1.29, 1.82) is 0 Å². The number of hydrogen-bond donors (Lipinski definition) is 1. The molecule has 6 heteroatoms. The normalized spacial score (nSPS) is 10.5. The molecular weight excluding hydrogens is 199 g/mol. The number of pyridine rings is 1. The summed E-state index contributed by atoms with van der Waals surface area (Å²) in [5.41, 5.74) is 1.18. The Hall–Kier alpha value is -1.82. The first-order valence-corrected chi connectivity index (χ1v) is 4.37. The van der Waals surface area contributed by atoms with Gasteiger partial charge in [-0.05, 0) is 11.6 Å². The molecule has 78 valence electrons. The van der Waals surface area contributed by atoms with Crippen LogP contribution in [0.15, 0.2) is 24.7 Å². The maximum atomic E-state index is 12.8. The average Bonchev–Trinajstić information content (AvgIpc) is 2.65. The molecule has 2 heterocycles. The van der Waals surface area contributed by atoms with Crippen molar-refractivity contribution in [2.75, 3.05) is 0 Å². The summed E-state index contributed by atoms with van der Waals surface area (Å²) in [7, 11) is 0. The van der Waals surface area contributed by atoms with Crippen LogP contribution < -0.4 is 0 Å². The van der Waals surface area contributed by atoms with E-state index in [-0.39, 0.29) is 12.4 Å². The van der Waals surface area contributed by atoms with Gasteiger partial charge in [0.25, 0.3) is 0 Å². The predicted octanol–water partition coefficient (Wildman–Crippen LogP) is 0.353. The van der Waals surface area contributed by atoms with E-state index in [1.165, 1.54) is 10.7 Å². The second-order valence-corrected chi connectivity index (χ2v) is 3.08. The molecule has 5 nitrogen and oxygen atoms in total. The van der Waals surface area contributed by atoms with Gasteiger partial charge in [0.1, 0.15) is 11.5 Å². The van der Waals surface area contributed by atoms with E-state index >= 15 is 0 Å². The molecule has 1 N–H and O–H groups in total. The van der Waals surface area contributed by atoms with Crippen molar-refractivity contribution < 1.29 is 9.50 Å². The van der Waals surface area contributed by atoms with Gasteiger partial charge >= 0.3 is 0 Å². The molecule has 0 aliphatic carbocycles. The van der Waals surface area contributed by atoms with E-state index in [4.69, 9.17) is 5.11 Å². The third-order valence-electron chi connectivity index (χ3n) is 1.85. The van der Waals surface area contributed by atoms with Crippen LogP contribution in [0.5, 0.6) is 0 Å². The summed E-state index contributed by atoms with van der Waals surface area (Å²) >= 11 is 0. The molecule has 0 spiro atoms. The fraction of sp³-hybridized carbons (Fsp3) is 0.222. The minimum absolute atomic E-state index is 0.151. The number of aromatic nitrogens is 4. The molecular formula is C9H9FN4O. The molecule has 0 unspecified atom stereocenters. The lowest BCUT2D eigenvalue weighted by Gasteiger charge is -1.99. The highest BCUT2D eigenvalue weighted by atomic mass is 19.1. The van der Waals surface area contributed by atoms with Gasteiger partial charge in [-0.3, -0.25) is 4.98 Å². The second kappa shape index (κ2) is 4.14. The first-order chi connectivity index (χ1) is 7.28. The number of rotatable bonds is 3. The number of hydrogen-bond acceptors (Lipinski definition) is 4. The molecule has 0 radical (unpaired) electrons. The Morgan fingerprint density at radius 2 is 2.27 bits per heavy atom. The smallest absolute Gasteiger partial charge is 0.141 e. The van der Waals surface area contributed by atoms with E-state index in [1.807, 2.05) is 0 Å². The van der Waals surface area contributed by atoms with E-state index in [0.29, 0.717) is 17.8 Å². The minimum Gasteiger partial charge on any atom is -0.390 e. The van der Waals surface area contributed by atoms with Crippen molar-refractivity contribution in [3.63, 3.8) is 0 Å². The maximum absolute atomic E-state index is 12.8. The van der Waals surface area contributed by atoms with Crippen molar-refractivity contribution >= 4 is 0 Å². The van der Waals surface area contributed by atoms with Gasteiger partial charge in [0.15, 0.2) is 0 Å². The summed E-state index contributed by atoms with van der Waals surface area (Å²) in [6.45, 7) is 0.235. The summed E-state index contributed by atoms with van der Waals surface area (Å²) in [6, 6.07) is 1.38. The van der Waals surface area contributed by atoms with Gasteiger partial charge < -0.3 is 5.11 Å². The van der Waals surface area contributed by atoms with E-state index in [1.54, 1.807) is 12.4 Å². The SMILES string of the molecule is OCc1cn(Cc2cncc(F)c2)nn1. The average molecular weight is 208 g/mol. The lowest BCUT2D eigenvalue weighted by molar-refractivity contribution is 0.276. The molecule has 0 aliphatic heterocycles. The van der Waals surface area contributed by atoms with E-state index in [0.717, 1.165) is 6.20 Å². The highest BCUT2D eigenvalue weighted by molar-refractivity contribution is 5.10. The Labute approximate surface area is 85.2 Å². The van der Waals surface area contributed by atoms with Crippen molar-refractivity contribution in [3.05, 3.63) is 41.7 Å². The van der Waals surface area contributed by atoms with Crippen molar-refractivity contribution in [2.24, 2.45) is 0 Å². The topological polar surface area (TPSA) is 63.8 Å². The fourth-order valence-corrected chi connectivity index (χ4v) is 1.22. The van der Waals surface area contributed by atoms with Gasteiger partial charge in [0, 0.05) is 6.20 Å². The van der Waals surface area contributed by atoms with Gasteiger partial charge in [0.2, 0.25) is 0 Å². The molecule has 0 aromatic carbocycles. The van der Waals surface area contributed by atoms with E-state index in [2.05, 4.69) is 15.3 Å². The Bertz CT molecular complexity index is 457. The van der Waals surface area contributed by atoms with Gasteiger partial charge in [-0.15, -0.1) is 5.10 Å². The summed E-state index contributed by atoms with van der Waals surface area (Å²) in [5.74, 6) is -0.380. The Balaban J connectivity index is 2.14. The highest BCUT2D eigenvalue weighted by Gasteiger charge is 2.01. The first-order valence-electron chi connectivity index (χ1n) is 4.37. The molecule has 0 atom stereocenters. The van der Waals surface area contributed by atoms with E-state index < -0.39 is 0 Å². The Kier molecular flexibility index (Phi) is 2.68. The monoisotopic (exact) mass is 208 g/mol. The summed E-state index contributed by atoms with van der Waals surface area (Å²) in [4.78, 5) is 3.72. The van der Waals surface area contributed by atoms with Crippen LogP contribution >= 0.6 is 0 Å². The molecule has 0 saturated heterocycles. The number of aliphatic hydroxyl groups is 1. The molecule has 2 aromatic heterocycles. The molecule has 2 aromatic rings. The predicted molar refractivity (Wildman–Crippen MR) is 49.2 cm³/mol. The largest absolute Gasteiger partial charge is 0.390 e. The zero-order valence-corrected chi connectivity index (χ0v) is 7.84. The molecule has 0 aliphatic rings. The molecule has 0 fully saturated rings. The van der Waals surface area contributed by atoms with Gasteiger partial charge in [-0.25, -0.2) is 9.07 Å². The number of nitrogens with zero attached hydrogens (tertiary/aromatic N) is 4. The zero-order valence-electron chi connectivity index (χ0n) is 7.84. The highest BCUT2D eigenvalue weighted by Crippen LogP contribution is 2.03. The number of halogens is 1. The van der Waals surface area contributed by atoms with Crippen LogP contribution in [0.3, 0.4) is 0 Å². The quantitative estimate of drug-likeness (QED) is 0.790. The van der Waals surface area contributed by atoms with Crippen LogP contribution in [0.4, 0.5) is 4.39 Å². The van der Waals surface area contributed by atoms with Crippen molar-refractivity contribution in [2.45, 2.75) is 13.2 Å². The molecule has 2 rings (SSSR count). The van der Waals surface area contributed by atoms with Crippen LogP contribution in [-0.2, 0) is 13.2 Å². The molecule has 0 saturated carbocycles. The standard InChI is InChI=1S/C9H9FN4O/c10-8-1-7(2-11-3-8)4-14-5-9(6-15)12-13-14/h1-3,5,15H,4,6H2. The van der Waals surface area contributed by atoms with Crippen LogP contribution in [-0.4, -0.2) is 25.1 Å². The van der Waals surface area contributed by atoms with Crippen LogP contribution in [0, 0.1) is 5.82 Å². The van der Waals surface area contributed by atoms with Crippen molar-refractivity contribution in [3.8, 4) is 0 Å². The van der Waals surface area contributed by atoms with Gasteiger partial charge in [-0.1, -0.05) is 5.21 Å². The molecule has 15 heavy (non-hydrogen) atoms. The lowest BCUT2D eigenvalue weighted by atomic mass is 10.3. The first kappa shape index (κ1) is 9.72. The Morgan fingerprint density at radius 1 is 1.40 bits per heavy atom. The maximum Gasteiger partial charge on any atom is 0.141 e. The third-order valence-corrected chi connectivity index (χ3v) is 1.85. The minimum atomic E-state index is -0.380. The van der Waals surface area contributed by atoms with Gasteiger partial charge in [-0.2, -0.15) is 0 Å². The summed E-state index contributed by atoms with van der Waals surface area (Å²) in [5, 5.41) is 16.2. The van der Waals surface area contributed by atoms with E-state index in [9.17, 15) is 4.39 Å². The van der Waals surface area contributed by atoms with Crippen LogP contribution in [0.2, 0.25) is 0 Å². The van der Waals surface area contributed by atoms with Gasteiger partial charge in [0.05, 0.1) is 25.5 Å². The van der Waals surface area contributed by atoms with Crippen LogP contribution in [0.1, 0.15) is 11.3 Å². The third kappa shape index (κ3) is 2.35. The summed E-state index contributed by atoms with van der Waals surface area (Å²) in [6.07, 6.45) is 4.30. The Morgan fingerprint density at radius 3 is 2.93 bits per heavy atom. The summed E-state index contributed by atoms with van der Waals surface area (Å²) < 4.78 is 14.3. The second-order valence-electron chi connectivity index (χ2n) is 3.08.